The van der Waals surface area contributed by atoms with Crippen LogP contribution in [0, 0.1) is 0 Å². The van der Waals surface area contributed by atoms with Crippen molar-refractivity contribution in [2.45, 2.75) is 18.9 Å². The Balaban J connectivity index is 1.94. The summed E-state index contributed by atoms with van der Waals surface area (Å²) in [6.45, 7) is 3.86. The molecule has 98 valence electrons. The summed E-state index contributed by atoms with van der Waals surface area (Å²) in [5.74, 6) is 1.42. The van der Waals surface area contributed by atoms with E-state index in [4.69, 9.17) is 4.74 Å². The minimum Gasteiger partial charge on any atom is -0.493 e. The van der Waals surface area contributed by atoms with Gasteiger partial charge in [0.25, 0.3) is 0 Å². The van der Waals surface area contributed by atoms with Gasteiger partial charge in [-0.05, 0) is 18.2 Å². The number of hydrogen-bond donors (Lipinski definition) is 1. The number of rotatable bonds is 4. The second kappa shape index (κ2) is 5.45. The summed E-state index contributed by atoms with van der Waals surface area (Å²) in [6, 6.07) is 19.3. The molecule has 0 fully saturated rings. The van der Waals surface area contributed by atoms with Gasteiger partial charge in [-0.15, -0.1) is 0 Å². The van der Waals surface area contributed by atoms with Crippen LogP contribution in [0.2, 0.25) is 0 Å². The molecule has 0 saturated carbocycles. The monoisotopic (exact) mass is 253 g/mol. The first-order chi connectivity index (χ1) is 9.40. The Morgan fingerprint density at radius 1 is 1.11 bits per heavy atom. The van der Waals surface area contributed by atoms with Gasteiger partial charge in [-0.3, -0.25) is 0 Å². The van der Waals surface area contributed by atoms with Crippen molar-refractivity contribution in [1.82, 2.24) is 5.32 Å². The van der Waals surface area contributed by atoms with Gasteiger partial charge in [0, 0.05) is 17.5 Å². The maximum atomic E-state index is 5.82. The molecule has 1 N–H and O–H groups in total. The maximum absolute atomic E-state index is 5.82. The molecule has 1 heterocycles. The van der Waals surface area contributed by atoms with E-state index in [2.05, 4.69) is 60.8 Å². The molecule has 2 heteroatoms. The van der Waals surface area contributed by atoms with E-state index in [9.17, 15) is 0 Å². The highest BCUT2D eigenvalue weighted by Gasteiger charge is 2.31. The van der Waals surface area contributed by atoms with Gasteiger partial charge in [0.1, 0.15) is 5.75 Å². The van der Waals surface area contributed by atoms with Crippen LogP contribution in [0.25, 0.3) is 0 Å². The summed E-state index contributed by atoms with van der Waals surface area (Å²) in [5.41, 5.74) is 2.65. The van der Waals surface area contributed by atoms with Gasteiger partial charge in [0.2, 0.25) is 0 Å². The summed E-state index contributed by atoms with van der Waals surface area (Å²) in [6.07, 6.45) is 0. The molecule has 2 aromatic carbocycles. The highest BCUT2D eigenvalue weighted by Crippen LogP contribution is 2.40. The van der Waals surface area contributed by atoms with Crippen molar-refractivity contribution in [3.05, 3.63) is 65.7 Å². The number of ether oxygens (including phenoxy) is 1. The van der Waals surface area contributed by atoms with Gasteiger partial charge in [-0.2, -0.15) is 0 Å². The lowest BCUT2D eigenvalue weighted by Crippen LogP contribution is -2.27. The fraction of sp³-hybridized carbons (Fsp3) is 0.294. The Morgan fingerprint density at radius 2 is 1.84 bits per heavy atom. The molecule has 0 spiro atoms. The average Bonchev–Trinajstić information content (AvgIpc) is 2.89. The molecule has 1 aliphatic rings. The average molecular weight is 253 g/mol. The zero-order valence-electron chi connectivity index (χ0n) is 11.2. The van der Waals surface area contributed by atoms with E-state index in [0.717, 1.165) is 18.9 Å². The Labute approximate surface area is 114 Å². The molecule has 19 heavy (non-hydrogen) atoms. The zero-order chi connectivity index (χ0) is 13.1. The Hall–Kier alpha value is -1.80. The van der Waals surface area contributed by atoms with Crippen molar-refractivity contribution in [2.75, 3.05) is 13.2 Å². The number of fused-ring (bicyclic) bond motifs is 1. The minimum atomic E-state index is 0.315. The maximum Gasteiger partial charge on any atom is 0.122 e. The van der Waals surface area contributed by atoms with Gasteiger partial charge in [0.15, 0.2) is 0 Å². The molecule has 0 aromatic heterocycles. The fourth-order valence-electron chi connectivity index (χ4n) is 2.84. The van der Waals surface area contributed by atoms with Crippen molar-refractivity contribution in [3.8, 4) is 5.75 Å². The largest absolute Gasteiger partial charge is 0.493 e. The summed E-state index contributed by atoms with van der Waals surface area (Å²) in [5, 5.41) is 3.60. The Bertz CT molecular complexity index is 538. The lowest BCUT2D eigenvalue weighted by Gasteiger charge is -2.24. The lowest BCUT2D eigenvalue weighted by molar-refractivity contribution is 0.301. The quantitative estimate of drug-likeness (QED) is 0.900. The van der Waals surface area contributed by atoms with Crippen molar-refractivity contribution >= 4 is 0 Å². The van der Waals surface area contributed by atoms with E-state index in [1.807, 2.05) is 6.07 Å². The second-order valence-electron chi connectivity index (χ2n) is 4.90. The van der Waals surface area contributed by atoms with Gasteiger partial charge < -0.3 is 10.1 Å². The number of likely N-dealkylation sites (N-methyl/N-ethyl adjacent to an activating group) is 1. The SMILES string of the molecule is CCNC(c1ccccc1)C1COc2ccccc21. The number of nitrogens with one attached hydrogen (secondary N) is 1. The summed E-state index contributed by atoms with van der Waals surface area (Å²) >= 11 is 0. The highest BCUT2D eigenvalue weighted by atomic mass is 16.5. The summed E-state index contributed by atoms with van der Waals surface area (Å²) < 4.78 is 5.82. The standard InChI is InChI=1S/C17H19NO/c1-2-18-17(13-8-4-3-5-9-13)15-12-19-16-11-7-6-10-14(15)16/h3-11,15,17-18H,2,12H2,1H3. The minimum absolute atomic E-state index is 0.315. The van der Waals surface area contributed by atoms with Crippen LogP contribution >= 0.6 is 0 Å². The van der Waals surface area contributed by atoms with Gasteiger partial charge in [-0.25, -0.2) is 0 Å². The normalized spacial score (nSPS) is 18.7. The molecule has 0 saturated heterocycles. The molecule has 0 bridgehead atoms. The summed E-state index contributed by atoms with van der Waals surface area (Å²) in [4.78, 5) is 0. The van der Waals surface area contributed by atoms with Gasteiger partial charge in [-0.1, -0.05) is 55.5 Å². The predicted octanol–water partition coefficient (Wildman–Crippen LogP) is 3.51. The third kappa shape index (κ3) is 2.36. The van der Waals surface area contributed by atoms with Crippen molar-refractivity contribution in [3.63, 3.8) is 0 Å². The van der Waals surface area contributed by atoms with Crippen LogP contribution < -0.4 is 10.1 Å². The number of hydrogen-bond acceptors (Lipinski definition) is 2. The van der Waals surface area contributed by atoms with Crippen LogP contribution in [0.5, 0.6) is 5.75 Å². The van der Waals surface area contributed by atoms with E-state index in [1.54, 1.807) is 0 Å². The third-order valence-electron chi connectivity index (χ3n) is 3.72. The van der Waals surface area contributed by atoms with Gasteiger partial charge >= 0.3 is 0 Å². The Morgan fingerprint density at radius 3 is 2.63 bits per heavy atom. The van der Waals surface area contributed by atoms with E-state index < -0.39 is 0 Å². The molecule has 3 rings (SSSR count). The van der Waals surface area contributed by atoms with Crippen LogP contribution in [0.4, 0.5) is 0 Å². The van der Waals surface area contributed by atoms with Crippen LogP contribution in [-0.4, -0.2) is 13.2 Å². The Kier molecular flexibility index (Phi) is 3.51. The summed E-state index contributed by atoms with van der Waals surface area (Å²) in [7, 11) is 0. The van der Waals surface area contributed by atoms with E-state index in [0.29, 0.717) is 12.0 Å². The van der Waals surface area contributed by atoms with Crippen LogP contribution in [-0.2, 0) is 0 Å². The molecule has 0 radical (unpaired) electrons. The van der Waals surface area contributed by atoms with Crippen molar-refractivity contribution in [2.24, 2.45) is 0 Å². The molecule has 2 nitrogen and oxygen atoms in total. The van der Waals surface area contributed by atoms with Gasteiger partial charge in [0.05, 0.1) is 6.61 Å². The predicted molar refractivity (Wildman–Crippen MR) is 77.5 cm³/mol. The molecular formula is C17H19NO. The molecular weight excluding hydrogens is 234 g/mol. The second-order valence-corrected chi connectivity index (χ2v) is 4.90. The molecule has 2 unspecified atom stereocenters. The van der Waals surface area contributed by atoms with E-state index >= 15 is 0 Å². The lowest BCUT2D eigenvalue weighted by atomic mass is 9.88. The molecule has 2 atom stereocenters. The first kappa shape index (κ1) is 12.2. The van der Waals surface area contributed by atoms with Crippen LogP contribution in [0.15, 0.2) is 54.6 Å². The number of benzene rings is 2. The molecule has 2 aromatic rings. The van der Waals surface area contributed by atoms with Crippen LogP contribution in [0.1, 0.15) is 30.0 Å². The zero-order valence-corrected chi connectivity index (χ0v) is 11.2. The fourth-order valence-corrected chi connectivity index (χ4v) is 2.84. The first-order valence-corrected chi connectivity index (χ1v) is 6.90. The number of para-hydroxylation sites is 1. The molecule has 0 aliphatic carbocycles. The van der Waals surface area contributed by atoms with E-state index in [1.165, 1.54) is 11.1 Å². The molecule has 0 amide bonds. The van der Waals surface area contributed by atoms with E-state index in [-0.39, 0.29) is 0 Å². The smallest absolute Gasteiger partial charge is 0.122 e. The molecule has 1 aliphatic heterocycles. The topological polar surface area (TPSA) is 21.3 Å². The highest BCUT2D eigenvalue weighted by molar-refractivity contribution is 5.42. The van der Waals surface area contributed by atoms with Crippen molar-refractivity contribution in [1.29, 1.82) is 0 Å². The third-order valence-corrected chi connectivity index (χ3v) is 3.72. The first-order valence-electron chi connectivity index (χ1n) is 6.90. The van der Waals surface area contributed by atoms with Crippen molar-refractivity contribution < 1.29 is 4.74 Å². The van der Waals surface area contributed by atoms with Crippen LogP contribution in [0.3, 0.4) is 0 Å².